The lowest BCUT2D eigenvalue weighted by Gasteiger charge is -2.32. The first kappa shape index (κ1) is 12.6. The maximum atomic E-state index is 11.5. The van der Waals surface area contributed by atoms with Crippen molar-refractivity contribution in [1.82, 2.24) is 0 Å². The summed E-state index contributed by atoms with van der Waals surface area (Å²) < 4.78 is 16.9. The molecule has 0 N–H and O–H groups in total. The highest BCUT2D eigenvalue weighted by Crippen LogP contribution is 2.40. The van der Waals surface area contributed by atoms with Crippen LogP contribution in [0, 0.1) is 0 Å². The molecule has 0 atom stereocenters. The number of cyclic esters (lactones) is 1. The van der Waals surface area contributed by atoms with E-state index in [9.17, 15) is 4.79 Å². The molecule has 0 aliphatic carbocycles. The Kier molecular flexibility index (Phi) is 2.87. The molecule has 0 aromatic rings. The smallest absolute Gasteiger partial charge is 0.458 e. The normalized spacial score (nSPS) is 26.6. The Morgan fingerprint density at radius 3 is 2.18 bits per heavy atom. The van der Waals surface area contributed by atoms with Crippen molar-refractivity contribution >= 4 is 13.1 Å². The molecule has 5 heteroatoms. The minimum absolute atomic E-state index is 0.239. The summed E-state index contributed by atoms with van der Waals surface area (Å²) in [6, 6.07) is 0. The molecule has 1 fully saturated rings. The van der Waals surface area contributed by atoms with E-state index in [0.29, 0.717) is 18.6 Å². The fourth-order valence-electron chi connectivity index (χ4n) is 2.02. The van der Waals surface area contributed by atoms with Gasteiger partial charge in [0.2, 0.25) is 0 Å². The Balaban J connectivity index is 2.27. The maximum Gasteiger partial charge on any atom is 0.494 e. The maximum absolute atomic E-state index is 11.5. The van der Waals surface area contributed by atoms with Gasteiger partial charge < -0.3 is 14.0 Å². The van der Waals surface area contributed by atoms with E-state index in [1.165, 1.54) is 0 Å². The predicted octanol–water partition coefficient (Wildman–Crippen LogP) is 1.88. The van der Waals surface area contributed by atoms with Gasteiger partial charge in [0.05, 0.1) is 11.2 Å². The van der Waals surface area contributed by atoms with Gasteiger partial charge in [-0.25, -0.2) is 4.79 Å². The minimum Gasteiger partial charge on any atom is -0.458 e. The van der Waals surface area contributed by atoms with E-state index >= 15 is 0 Å². The van der Waals surface area contributed by atoms with Crippen LogP contribution in [0.3, 0.4) is 0 Å². The summed E-state index contributed by atoms with van der Waals surface area (Å²) in [4.78, 5) is 11.5. The van der Waals surface area contributed by atoms with Gasteiger partial charge in [0.1, 0.15) is 6.61 Å². The van der Waals surface area contributed by atoms with Crippen molar-refractivity contribution in [3.63, 3.8) is 0 Å². The molecule has 0 saturated carbocycles. The fourth-order valence-corrected chi connectivity index (χ4v) is 2.02. The number of esters is 1. The van der Waals surface area contributed by atoms with Crippen molar-refractivity contribution in [3.8, 4) is 0 Å². The second-order valence-electron chi connectivity index (χ2n) is 5.52. The van der Waals surface area contributed by atoms with Gasteiger partial charge in [0.15, 0.2) is 0 Å². The van der Waals surface area contributed by atoms with Crippen LogP contribution < -0.4 is 0 Å². The van der Waals surface area contributed by atoms with Crippen LogP contribution in [0.15, 0.2) is 11.0 Å². The third kappa shape index (κ3) is 1.91. The number of rotatable bonds is 2. The van der Waals surface area contributed by atoms with E-state index < -0.39 is 7.12 Å². The molecule has 2 heterocycles. The van der Waals surface area contributed by atoms with Crippen LogP contribution in [0.1, 0.15) is 41.0 Å². The van der Waals surface area contributed by atoms with Gasteiger partial charge in [-0.1, -0.05) is 6.92 Å². The molecule has 94 valence electrons. The molecular weight excluding hydrogens is 219 g/mol. The monoisotopic (exact) mass is 238 g/mol. The van der Waals surface area contributed by atoms with Crippen molar-refractivity contribution in [1.29, 1.82) is 0 Å². The summed E-state index contributed by atoms with van der Waals surface area (Å²) in [6.07, 6.45) is 0.651. The standard InChI is InChI=1S/C12H19BO4/c1-6-8-9(7-15-10(8)14)13-16-11(2,3)12(4,5)17-13/h6-7H2,1-5H3. The van der Waals surface area contributed by atoms with Crippen molar-refractivity contribution in [2.75, 3.05) is 6.61 Å². The van der Waals surface area contributed by atoms with E-state index in [-0.39, 0.29) is 17.2 Å². The molecule has 0 aromatic heterocycles. The molecule has 0 unspecified atom stereocenters. The number of carbonyl (C=O) groups excluding carboxylic acids is 1. The lowest BCUT2D eigenvalue weighted by Crippen LogP contribution is -2.41. The third-order valence-electron chi connectivity index (χ3n) is 3.88. The van der Waals surface area contributed by atoms with Gasteiger partial charge in [-0.15, -0.1) is 0 Å². The second-order valence-corrected chi connectivity index (χ2v) is 5.52. The average molecular weight is 238 g/mol. The van der Waals surface area contributed by atoms with Crippen LogP contribution in [-0.2, 0) is 18.8 Å². The first-order valence-electron chi connectivity index (χ1n) is 6.03. The van der Waals surface area contributed by atoms with Gasteiger partial charge in [-0.05, 0) is 34.1 Å². The van der Waals surface area contributed by atoms with Gasteiger partial charge >= 0.3 is 13.1 Å². The largest absolute Gasteiger partial charge is 0.494 e. The molecule has 2 aliphatic heterocycles. The van der Waals surface area contributed by atoms with Gasteiger partial charge in [0, 0.05) is 11.0 Å². The van der Waals surface area contributed by atoms with E-state index in [1.807, 2.05) is 34.6 Å². The lowest BCUT2D eigenvalue weighted by molar-refractivity contribution is -0.136. The minimum atomic E-state index is -0.457. The SMILES string of the molecule is CCC1=C(B2OC(C)(C)C(C)(C)O2)COC1=O. The van der Waals surface area contributed by atoms with Crippen LogP contribution >= 0.6 is 0 Å². The molecule has 0 bridgehead atoms. The zero-order chi connectivity index (χ0) is 12.8. The molecule has 2 aliphatic rings. The Hall–Kier alpha value is -0.805. The van der Waals surface area contributed by atoms with E-state index in [0.717, 1.165) is 5.47 Å². The molecule has 0 amide bonds. The Bertz CT molecular complexity index is 368. The van der Waals surface area contributed by atoms with Crippen LogP contribution in [0.4, 0.5) is 0 Å². The summed E-state index contributed by atoms with van der Waals surface area (Å²) in [5.41, 5.74) is 0.782. The highest BCUT2D eigenvalue weighted by molar-refractivity contribution is 6.56. The molecule has 17 heavy (non-hydrogen) atoms. The molecule has 0 spiro atoms. The zero-order valence-electron chi connectivity index (χ0n) is 11.1. The van der Waals surface area contributed by atoms with E-state index in [2.05, 4.69) is 0 Å². The Morgan fingerprint density at radius 1 is 1.18 bits per heavy atom. The third-order valence-corrected chi connectivity index (χ3v) is 3.88. The fraction of sp³-hybridized carbons (Fsp3) is 0.750. The number of ether oxygens (including phenoxy) is 1. The number of hydrogen-bond donors (Lipinski definition) is 0. The molecule has 1 saturated heterocycles. The quantitative estimate of drug-likeness (QED) is 0.544. The Morgan fingerprint density at radius 2 is 1.71 bits per heavy atom. The molecule has 4 nitrogen and oxygen atoms in total. The number of hydrogen-bond acceptors (Lipinski definition) is 4. The Labute approximate surface area is 102 Å². The predicted molar refractivity (Wildman–Crippen MR) is 64.4 cm³/mol. The van der Waals surface area contributed by atoms with Gasteiger partial charge in [0.25, 0.3) is 0 Å². The van der Waals surface area contributed by atoms with Crippen LogP contribution in [0.5, 0.6) is 0 Å². The van der Waals surface area contributed by atoms with E-state index in [4.69, 9.17) is 14.0 Å². The van der Waals surface area contributed by atoms with Crippen molar-refractivity contribution in [2.24, 2.45) is 0 Å². The molecular formula is C12H19BO4. The van der Waals surface area contributed by atoms with Crippen LogP contribution in [0.25, 0.3) is 0 Å². The summed E-state index contributed by atoms with van der Waals surface area (Å²) in [5.74, 6) is -0.239. The zero-order valence-corrected chi connectivity index (χ0v) is 11.1. The average Bonchev–Trinajstić information content (AvgIpc) is 2.65. The summed E-state index contributed by atoms with van der Waals surface area (Å²) in [6.45, 7) is 10.2. The number of carbonyl (C=O) groups is 1. The molecule has 0 radical (unpaired) electrons. The van der Waals surface area contributed by atoms with Crippen molar-refractivity contribution < 1.29 is 18.8 Å². The lowest BCUT2D eigenvalue weighted by atomic mass is 9.76. The van der Waals surface area contributed by atoms with Gasteiger partial charge in [-0.2, -0.15) is 0 Å². The van der Waals surface area contributed by atoms with E-state index in [1.54, 1.807) is 0 Å². The summed E-state index contributed by atoms with van der Waals surface area (Å²) in [7, 11) is -0.457. The highest BCUT2D eigenvalue weighted by Gasteiger charge is 2.54. The van der Waals surface area contributed by atoms with Crippen molar-refractivity contribution in [2.45, 2.75) is 52.2 Å². The van der Waals surface area contributed by atoms with Crippen molar-refractivity contribution in [3.05, 3.63) is 11.0 Å². The molecule has 0 aromatic carbocycles. The topological polar surface area (TPSA) is 44.8 Å². The first-order chi connectivity index (χ1) is 7.78. The van der Waals surface area contributed by atoms with Gasteiger partial charge in [-0.3, -0.25) is 0 Å². The second kappa shape index (κ2) is 3.85. The molecule has 2 rings (SSSR count). The van der Waals surface area contributed by atoms with Crippen LogP contribution in [0.2, 0.25) is 0 Å². The summed E-state index contributed by atoms with van der Waals surface area (Å²) in [5, 5.41) is 0. The highest BCUT2D eigenvalue weighted by atomic mass is 16.7. The van der Waals surface area contributed by atoms with Crippen LogP contribution in [-0.4, -0.2) is 30.9 Å². The first-order valence-corrected chi connectivity index (χ1v) is 6.03. The summed E-state index contributed by atoms with van der Waals surface area (Å²) >= 11 is 0.